The SMILES string of the molecule is CCCCOc1ccc(/C(O)=C2\C(=O)C(=O)N(c3nnc(C)s3)C2c2cccc(Cl)c2)cc1. The van der Waals surface area contributed by atoms with Crippen LogP contribution in [0, 0.1) is 6.92 Å². The Kier molecular flexibility index (Phi) is 6.76. The second-order valence-electron chi connectivity index (χ2n) is 7.55. The van der Waals surface area contributed by atoms with Gasteiger partial charge in [-0.05, 0) is 55.3 Å². The summed E-state index contributed by atoms with van der Waals surface area (Å²) in [6.45, 7) is 4.44. The molecule has 1 atom stereocenters. The molecule has 2 aromatic carbocycles. The van der Waals surface area contributed by atoms with Crippen molar-refractivity contribution in [1.29, 1.82) is 0 Å². The second kappa shape index (κ2) is 9.72. The van der Waals surface area contributed by atoms with E-state index in [4.69, 9.17) is 16.3 Å². The molecule has 0 saturated carbocycles. The van der Waals surface area contributed by atoms with Crippen molar-refractivity contribution >= 4 is 45.5 Å². The molecule has 0 bridgehead atoms. The van der Waals surface area contributed by atoms with E-state index in [-0.39, 0.29) is 16.5 Å². The van der Waals surface area contributed by atoms with Gasteiger partial charge >= 0.3 is 5.91 Å². The standard InChI is InChI=1S/C24H22ClN3O4S/c1-3-4-12-32-18-10-8-15(9-11-18)21(29)19-20(16-6-5-7-17(25)13-16)28(23(31)22(19)30)24-27-26-14(2)33-24/h5-11,13,20,29H,3-4,12H2,1-2H3/b21-19+. The number of amides is 1. The van der Waals surface area contributed by atoms with Crippen LogP contribution in [-0.2, 0) is 9.59 Å². The van der Waals surface area contributed by atoms with Crippen LogP contribution in [0.1, 0.15) is 41.9 Å². The van der Waals surface area contributed by atoms with Gasteiger partial charge in [0.25, 0.3) is 5.78 Å². The zero-order valence-electron chi connectivity index (χ0n) is 18.1. The number of rotatable bonds is 7. The Morgan fingerprint density at radius 1 is 1.18 bits per heavy atom. The van der Waals surface area contributed by atoms with Crippen molar-refractivity contribution in [1.82, 2.24) is 10.2 Å². The van der Waals surface area contributed by atoms with Crippen molar-refractivity contribution in [3.05, 3.63) is 75.3 Å². The molecule has 1 amide bonds. The third-order valence-corrected chi connectivity index (χ3v) is 6.30. The average Bonchev–Trinajstić information content (AvgIpc) is 3.34. The largest absolute Gasteiger partial charge is 0.507 e. The molecule has 7 nitrogen and oxygen atoms in total. The predicted octanol–water partition coefficient (Wildman–Crippen LogP) is 5.31. The number of aromatic nitrogens is 2. The van der Waals surface area contributed by atoms with Gasteiger partial charge < -0.3 is 9.84 Å². The molecular formula is C24H22ClN3O4S. The van der Waals surface area contributed by atoms with Crippen molar-refractivity contribution in [3.63, 3.8) is 0 Å². The summed E-state index contributed by atoms with van der Waals surface area (Å²) in [6.07, 6.45) is 1.96. The van der Waals surface area contributed by atoms with Gasteiger partial charge in [0.2, 0.25) is 5.13 Å². The van der Waals surface area contributed by atoms with E-state index in [0.717, 1.165) is 12.8 Å². The summed E-state index contributed by atoms with van der Waals surface area (Å²) in [4.78, 5) is 27.4. The van der Waals surface area contributed by atoms with E-state index in [1.54, 1.807) is 55.5 Å². The van der Waals surface area contributed by atoms with E-state index in [1.165, 1.54) is 16.2 Å². The monoisotopic (exact) mass is 483 g/mol. The van der Waals surface area contributed by atoms with E-state index in [9.17, 15) is 14.7 Å². The Hall–Kier alpha value is -3.23. The lowest BCUT2D eigenvalue weighted by molar-refractivity contribution is -0.132. The molecule has 1 aromatic heterocycles. The van der Waals surface area contributed by atoms with Gasteiger partial charge in [-0.3, -0.25) is 14.5 Å². The normalized spacial score (nSPS) is 17.5. The van der Waals surface area contributed by atoms with Gasteiger partial charge in [0, 0.05) is 10.6 Å². The van der Waals surface area contributed by atoms with E-state index in [2.05, 4.69) is 17.1 Å². The number of anilines is 1. The van der Waals surface area contributed by atoms with Crippen LogP contribution >= 0.6 is 22.9 Å². The molecule has 4 rings (SSSR count). The van der Waals surface area contributed by atoms with Gasteiger partial charge in [0.15, 0.2) is 0 Å². The van der Waals surface area contributed by atoms with Crippen LogP contribution < -0.4 is 9.64 Å². The molecule has 0 spiro atoms. The van der Waals surface area contributed by atoms with Crippen LogP contribution in [0.5, 0.6) is 5.75 Å². The lowest BCUT2D eigenvalue weighted by Crippen LogP contribution is -2.29. The number of aryl methyl sites for hydroxylation is 1. The van der Waals surface area contributed by atoms with E-state index in [0.29, 0.717) is 33.5 Å². The number of hydrogen-bond donors (Lipinski definition) is 1. The van der Waals surface area contributed by atoms with Gasteiger partial charge in [-0.1, -0.05) is 48.4 Å². The number of carbonyl (C=O) groups is 2. The highest BCUT2D eigenvalue weighted by Gasteiger charge is 2.48. The van der Waals surface area contributed by atoms with Crippen molar-refractivity contribution in [2.45, 2.75) is 32.7 Å². The topological polar surface area (TPSA) is 92.6 Å². The summed E-state index contributed by atoms with van der Waals surface area (Å²) >= 11 is 7.39. The minimum atomic E-state index is -0.892. The zero-order valence-corrected chi connectivity index (χ0v) is 19.7. The fourth-order valence-electron chi connectivity index (χ4n) is 3.60. The summed E-state index contributed by atoms with van der Waals surface area (Å²) in [5.41, 5.74) is 0.946. The molecule has 1 fully saturated rings. The number of hydrogen-bond acceptors (Lipinski definition) is 7. The van der Waals surface area contributed by atoms with E-state index < -0.39 is 17.7 Å². The molecule has 1 N–H and O–H groups in total. The summed E-state index contributed by atoms with van der Waals surface area (Å²) in [5, 5.41) is 20.6. The molecule has 1 aliphatic rings. The van der Waals surface area contributed by atoms with Gasteiger partial charge in [0.05, 0.1) is 18.2 Å². The number of aliphatic hydroxyl groups excluding tert-OH is 1. The number of ketones is 1. The molecule has 2 heterocycles. The number of Topliss-reactive ketones (excluding diaryl/α,β-unsaturated/α-hetero) is 1. The molecule has 1 aliphatic heterocycles. The van der Waals surface area contributed by atoms with Crippen LogP contribution in [0.2, 0.25) is 5.02 Å². The van der Waals surface area contributed by atoms with Crippen molar-refractivity contribution < 1.29 is 19.4 Å². The van der Waals surface area contributed by atoms with Gasteiger partial charge in [-0.25, -0.2) is 0 Å². The van der Waals surface area contributed by atoms with Crippen LogP contribution in [0.4, 0.5) is 5.13 Å². The molecule has 9 heteroatoms. The first-order valence-electron chi connectivity index (χ1n) is 10.5. The maximum atomic E-state index is 13.1. The molecular weight excluding hydrogens is 462 g/mol. The number of carbonyl (C=O) groups excluding carboxylic acids is 2. The van der Waals surface area contributed by atoms with Gasteiger partial charge in [0.1, 0.15) is 16.5 Å². The van der Waals surface area contributed by atoms with Crippen LogP contribution in [0.15, 0.2) is 54.1 Å². The Morgan fingerprint density at radius 2 is 1.94 bits per heavy atom. The number of halogens is 1. The van der Waals surface area contributed by atoms with Crippen molar-refractivity contribution in [2.75, 3.05) is 11.5 Å². The van der Waals surface area contributed by atoms with Crippen molar-refractivity contribution in [2.24, 2.45) is 0 Å². The fourth-order valence-corrected chi connectivity index (χ4v) is 4.52. The molecule has 0 radical (unpaired) electrons. The lowest BCUT2D eigenvalue weighted by atomic mass is 9.95. The van der Waals surface area contributed by atoms with Crippen LogP contribution in [0.3, 0.4) is 0 Å². The summed E-state index contributed by atoms with van der Waals surface area (Å²) < 4.78 is 5.67. The Morgan fingerprint density at radius 3 is 2.58 bits per heavy atom. The molecule has 1 unspecified atom stereocenters. The Labute approximate surface area is 200 Å². The summed E-state index contributed by atoms with van der Waals surface area (Å²) in [5.74, 6) is -1.19. The quantitative estimate of drug-likeness (QED) is 0.212. The number of benzene rings is 2. The van der Waals surface area contributed by atoms with Crippen LogP contribution in [0.25, 0.3) is 5.76 Å². The summed E-state index contributed by atoms with van der Waals surface area (Å²) in [6, 6.07) is 12.7. The minimum absolute atomic E-state index is 0.0326. The molecule has 170 valence electrons. The lowest BCUT2D eigenvalue weighted by Gasteiger charge is -2.22. The number of aliphatic hydroxyl groups is 1. The van der Waals surface area contributed by atoms with Crippen LogP contribution in [-0.4, -0.2) is 33.6 Å². The van der Waals surface area contributed by atoms with Gasteiger partial charge in [-0.2, -0.15) is 0 Å². The summed E-state index contributed by atoms with van der Waals surface area (Å²) in [7, 11) is 0. The molecule has 33 heavy (non-hydrogen) atoms. The molecule has 3 aromatic rings. The maximum Gasteiger partial charge on any atom is 0.301 e. The highest BCUT2D eigenvalue weighted by molar-refractivity contribution is 7.15. The smallest absolute Gasteiger partial charge is 0.301 e. The van der Waals surface area contributed by atoms with Gasteiger partial charge in [-0.15, -0.1) is 10.2 Å². The first-order valence-corrected chi connectivity index (χ1v) is 11.7. The number of unbranched alkanes of at least 4 members (excludes halogenated alkanes) is 1. The number of nitrogens with zero attached hydrogens (tertiary/aromatic N) is 3. The highest BCUT2D eigenvalue weighted by Crippen LogP contribution is 2.43. The first-order chi connectivity index (χ1) is 15.9. The van der Waals surface area contributed by atoms with Crippen molar-refractivity contribution in [3.8, 4) is 5.75 Å². The van der Waals surface area contributed by atoms with E-state index in [1.807, 2.05) is 0 Å². The zero-order chi connectivity index (χ0) is 23.5. The average molecular weight is 484 g/mol. The molecule has 1 saturated heterocycles. The predicted molar refractivity (Wildman–Crippen MR) is 128 cm³/mol. The number of ether oxygens (including phenoxy) is 1. The third kappa shape index (κ3) is 4.62. The second-order valence-corrected chi connectivity index (χ2v) is 9.15. The van der Waals surface area contributed by atoms with E-state index >= 15 is 0 Å². The third-order valence-electron chi connectivity index (χ3n) is 5.22. The Balaban J connectivity index is 1.79. The highest BCUT2D eigenvalue weighted by atomic mass is 35.5. The first kappa shape index (κ1) is 22.9. The molecule has 0 aliphatic carbocycles. The minimum Gasteiger partial charge on any atom is -0.507 e. The fraction of sp³-hybridized carbons (Fsp3) is 0.250. The Bertz CT molecular complexity index is 1220. The maximum absolute atomic E-state index is 13.1.